The molecule has 1 heterocycles. The highest BCUT2D eigenvalue weighted by Gasteiger charge is 2.12. The number of hydrogen-bond donors (Lipinski definition) is 1. The first-order valence-electron chi connectivity index (χ1n) is 7.70. The number of halogens is 1. The summed E-state index contributed by atoms with van der Waals surface area (Å²) in [6.45, 7) is 0. The highest BCUT2D eigenvalue weighted by Crippen LogP contribution is 2.22. The van der Waals surface area contributed by atoms with Gasteiger partial charge in [-0.15, -0.1) is 5.10 Å². The zero-order chi connectivity index (χ0) is 19.4. The second-order valence-corrected chi connectivity index (χ2v) is 7.98. The van der Waals surface area contributed by atoms with Crippen LogP contribution in [-0.4, -0.2) is 30.8 Å². The Labute approximate surface area is 160 Å². The molecule has 2 aromatic carbocycles. The van der Waals surface area contributed by atoms with E-state index in [1.807, 2.05) is 6.07 Å². The van der Waals surface area contributed by atoms with Crippen molar-refractivity contribution in [1.82, 2.24) is 10.2 Å². The zero-order valence-electron chi connectivity index (χ0n) is 14.1. The molecule has 0 unspecified atom stereocenters. The molecule has 0 radical (unpaired) electrons. The molecular weight excluding hydrogens is 390 g/mol. The Morgan fingerprint density at radius 2 is 1.81 bits per heavy atom. The maximum atomic E-state index is 12.0. The minimum atomic E-state index is -3.29. The molecule has 0 saturated carbocycles. The minimum Gasteiger partial charge on any atom is -0.403 e. The highest BCUT2D eigenvalue weighted by atomic mass is 35.5. The largest absolute Gasteiger partial charge is 0.403 e. The van der Waals surface area contributed by atoms with E-state index in [0.29, 0.717) is 16.1 Å². The molecule has 0 aliphatic heterocycles. The fourth-order valence-electron chi connectivity index (χ4n) is 2.16. The number of aromatic nitrogens is 2. The second-order valence-electron chi connectivity index (χ2n) is 5.55. The average molecular weight is 404 g/mol. The Morgan fingerprint density at radius 1 is 1.11 bits per heavy atom. The predicted molar refractivity (Wildman–Crippen MR) is 102 cm³/mol. The average Bonchev–Trinajstić information content (AvgIpc) is 3.09. The van der Waals surface area contributed by atoms with E-state index in [2.05, 4.69) is 15.5 Å². The Hall–Kier alpha value is -2.97. The van der Waals surface area contributed by atoms with E-state index < -0.39 is 15.7 Å². The van der Waals surface area contributed by atoms with Crippen LogP contribution in [0.2, 0.25) is 5.02 Å². The van der Waals surface area contributed by atoms with Gasteiger partial charge in [0.2, 0.25) is 5.89 Å². The van der Waals surface area contributed by atoms with Crippen LogP contribution in [0, 0.1) is 0 Å². The Morgan fingerprint density at radius 3 is 2.48 bits per heavy atom. The molecule has 0 atom stereocenters. The van der Waals surface area contributed by atoms with E-state index in [1.165, 1.54) is 18.2 Å². The SMILES string of the molecule is CS(=O)(=O)c1ccc(-c2nnc(NC(=O)C=Cc3ccccc3Cl)o2)cc1. The van der Waals surface area contributed by atoms with Gasteiger partial charge < -0.3 is 4.42 Å². The van der Waals surface area contributed by atoms with Crippen LogP contribution in [0.5, 0.6) is 0 Å². The van der Waals surface area contributed by atoms with E-state index in [1.54, 1.807) is 36.4 Å². The van der Waals surface area contributed by atoms with Crippen LogP contribution >= 0.6 is 11.6 Å². The molecule has 0 fully saturated rings. The maximum Gasteiger partial charge on any atom is 0.322 e. The lowest BCUT2D eigenvalue weighted by molar-refractivity contribution is -0.112. The first kappa shape index (κ1) is 18.8. The summed E-state index contributed by atoms with van der Waals surface area (Å²) in [4.78, 5) is 12.1. The third-order valence-corrected chi connectivity index (χ3v) is 4.98. The molecule has 1 N–H and O–H groups in total. The number of carbonyl (C=O) groups is 1. The van der Waals surface area contributed by atoms with Crippen LogP contribution in [-0.2, 0) is 14.6 Å². The quantitative estimate of drug-likeness (QED) is 0.654. The second kappa shape index (κ2) is 7.73. The van der Waals surface area contributed by atoms with Crippen molar-refractivity contribution < 1.29 is 17.6 Å². The molecule has 9 heteroatoms. The topological polar surface area (TPSA) is 102 Å². The molecule has 7 nitrogen and oxygen atoms in total. The summed E-state index contributed by atoms with van der Waals surface area (Å²) >= 11 is 6.02. The van der Waals surface area contributed by atoms with Crippen molar-refractivity contribution in [3.05, 3.63) is 65.2 Å². The number of nitrogens with one attached hydrogen (secondary N) is 1. The van der Waals surface area contributed by atoms with Gasteiger partial charge in [0.15, 0.2) is 9.84 Å². The number of carbonyl (C=O) groups excluding carboxylic acids is 1. The highest BCUT2D eigenvalue weighted by molar-refractivity contribution is 7.90. The lowest BCUT2D eigenvalue weighted by Gasteiger charge is -1.99. The molecule has 0 aliphatic rings. The molecule has 1 aromatic heterocycles. The van der Waals surface area contributed by atoms with Crippen molar-refractivity contribution in [3.63, 3.8) is 0 Å². The van der Waals surface area contributed by atoms with Crippen LogP contribution in [0.3, 0.4) is 0 Å². The normalized spacial score (nSPS) is 11.6. The number of benzene rings is 2. The number of rotatable bonds is 5. The van der Waals surface area contributed by atoms with E-state index in [4.69, 9.17) is 16.0 Å². The van der Waals surface area contributed by atoms with Crippen molar-refractivity contribution >= 4 is 39.4 Å². The Kier molecular flexibility index (Phi) is 5.38. The lowest BCUT2D eigenvalue weighted by Crippen LogP contribution is -2.07. The standard InChI is InChI=1S/C18H14ClN3O4S/c1-27(24,25)14-9-6-13(7-10-14)17-21-22-18(26-17)20-16(23)11-8-12-4-2-3-5-15(12)19/h2-11H,1H3,(H,20,22,23). The molecule has 138 valence electrons. The lowest BCUT2D eigenvalue weighted by atomic mass is 10.2. The van der Waals surface area contributed by atoms with Gasteiger partial charge in [-0.05, 0) is 42.0 Å². The molecular formula is C18H14ClN3O4S. The molecule has 3 rings (SSSR count). The summed E-state index contributed by atoms with van der Waals surface area (Å²) < 4.78 is 28.3. The van der Waals surface area contributed by atoms with Crippen molar-refractivity contribution in [2.75, 3.05) is 11.6 Å². The van der Waals surface area contributed by atoms with Crippen molar-refractivity contribution in [2.24, 2.45) is 0 Å². The van der Waals surface area contributed by atoms with Gasteiger partial charge in [0.1, 0.15) is 0 Å². The summed E-state index contributed by atoms with van der Waals surface area (Å²) in [5.41, 5.74) is 1.23. The van der Waals surface area contributed by atoms with E-state index in [9.17, 15) is 13.2 Å². The van der Waals surface area contributed by atoms with Crippen molar-refractivity contribution in [3.8, 4) is 11.5 Å². The minimum absolute atomic E-state index is 0.0778. The monoisotopic (exact) mass is 403 g/mol. The van der Waals surface area contributed by atoms with Crippen LogP contribution in [0.25, 0.3) is 17.5 Å². The number of amides is 1. The summed E-state index contributed by atoms with van der Waals surface area (Å²) in [6.07, 6.45) is 3.99. The maximum absolute atomic E-state index is 12.0. The first-order valence-corrected chi connectivity index (χ1v) is 9.97. The summed E-state index contributed by atoms with van der Waals surface area (Å²) in [6, 6.07) is 13.0. The predicted octanol–water partition coefficient (Wildman–Crippen LogP) is 3.45. The third kappa shape index (κ3) is 4.81. The Bertz CT molecular complexity index is 1110. The molecule has 1 amide bonds. The third-order valence-electron chi connectivity index (χ3n) is 3.50. The van der Waals surface area contributed by atoms with Crippen molar-refractivity contribution in [1.29, 1.82) is 0 Å². The van der Waals surface area contributed by atoms with E-state index in [0.717, 1.165) is 6.26 Å². The Balaban J connectivity index is 1.69. The molecule has 27 heavy (non-hydrogen) atoms. The number of anilines is 1. The molecule has 0 spiro atoms. The summed E-state index contributed by atoms with van der Waals surface area (Å²) in [5, 5.41) is 10.6. The first-order chi connectivity index (χ1) is 12.8. The van der Waals surface area contributed by atoms with E-state index >= 15 is 0 Å². The summed E-state index contributed by atoms with van der Waals surface area (Å²) in [5.74, 6) is -0.307. The van der Waals surface area contributed by atoms with Crippen LogP contribution in [0.15, 0.2) is 63.9 Å². The van der Waals surface area contributed by atoms with Gasteiger partial charge in [0, 0.05) is 22.9 Å². The van der Waals surface area contributed by atoms with Crippen LogP contribution in [0.4, 0.5) is 6.01 Å². The number of hydrogen-bond acceptors (Lipinski definition) is 6. The van der Waals surface area contributed by atoms with Gasteiger partial charge in [-0.2, -0.15) is 0 Å². The van der Waals surface area contributed by atoms with Gasteiger partial charge >= 0.3 is 6.01 Å². The zero-order valence-corrected chi connectivity index (χ0v) is 15.7. The number of nitrogens with zero attached hydrogens (tertiary/aromatic N) is 2. The van der Waals surface area contributed by atoms with Crippen LogP contribution in [0.1, 0.15) is 5.56 Å². The molecule has 0 aliphatic carbocycles. The van der Waals surface area contributed by atoms with Crippen molar-refractivity contribution in [2.45, 2.75) is 4.90 Å². The fraction of sp³-hybridized carbons (Fsp3) is 0.0556. The van der Waals surface area contributed by atoms with Crippen LogP contribution < -0.4 is 5.32 Å². The molecule has 0 saturated heterocycles. The van der Waals surface area contributed by atoms with Gasteiger partial charge in [-0.1, -0.05) is 34.9 Å². The smallest absolute Gasteiger partial charge is 0.322 e. The van der Waals surface area contributed by atoms with Gasteiger partial charge in [-0.3, -0.25) is 10.1 Å². The van der Waals surface area contributed by atoms with Gasteiger partial charge in [-0.25, -0.2) is 8.42 Å². The van der Waals surface area contributed by atoms with Gasteiger partial charge in [0.05, 0.1) is 4.90 Å². The molecule has 3 aromatic rings. The van der Waals surface area contributed by atoms with E-state index in [-0.39, 0.29) is 16.8 Å². The van der Waals surface area contributed by atoms with Gasteiger partial charge in [0.25, 0.3) is 5.91 Å². The fourth-order valence-corrected chi connectivity index (χ4v) is 2.99. The summed E-state index contributed by atoms with van der Waals surface area (Å²) in [7, 11) is -3.29. The number of sulfone groups is 1. The molecule has 0 bridgehead atoms.